The highest BCUT2D eigenvalue weighted by Gasteiger charge is 2.32. The Balaban J connectivity index is 0.802. The lowest BCUT2D eigenvalue weighted by molar-refractivity contribution is 0.483. The van der Waals surface area contributed by atoms with Crippen molar-refractivity contribution in [1.82, 2.24) is 14.1 Å². The predicted octanol–water partition coefficient (Wildman–Crippen LogP) is 19.9. The highest BCUT2D eigenvalue weighted by molar-refractivity contribution is 6.10. The van der Waals surface area contributed by atoms with Crippen LogP contribution >= 0.6 is 0 Å². The summed E-state index contributed by atoms with van der Waals surface area (Å²) in [6, 6.07) is 94.1. The summed E-state index contributed by atoms with van der Waals surface area (Å²) >= 11 is 0. The van der Waals surface area contributed by atoms with Crippen molar-refractivity contribution in [1.29, 1.82) is 0 Å². The van der Waals surface area contributed by atoms with Crippen LogP contribution < -0.4 is 14.5 Å². The third kappa shape index (κ3) is 8.30. The molecule has 0 N–H and O–H groups in total. The van der Waals surface area contributed by atoms with E-state index in [0.29, 0.717) is 6.67 Å². The van der Waals surface area contributed by atoms with Gasteiger partial charge in [0.1, 0.15) is 24.0 Å². The van der Waals surface area contributed by atoms with Crippen molar-refractivity contribution >= 4 is 66.4 Å². The van der Waals surface area contributed by atoms with Crippen LogP contribution in [0.1, 0.15) is 16.7 Å². The number of aryl methyl sites for hydroxylation is 3. The number of anilines is 4. The number of hydrogen-bond donors (Lipinski definition) is 0. The second-order valence-corrected chi connectivity index (χ2v) is 21.4. The molecule has 0 saturated carbocycles. The number of para-hydroxylation sites is 4. The van der Waals surface area contributed by atoms with E-state index < -0.39 is 0 Å². The molecule has 14 aromatic rings. The average Bonchev–Trinajstić information content (AvgIpc) is 4.40. The van der Waals surface area contributed by atoms with Crippen LogP contribution in [0.15, 0.2) is 267 Å². The summed E-state index contributed by atoms with van der Waals surface area (Å²) in [5.74, 6) is 2.32. The number of benzene rings is 11. The van der Waals surface area contributed by atoms with Gasteiger partial charge >= 0.3 is 0 Å². The van der Waals surface area contributed by atoms with E-state index in [0.717, 1.165) is 84.3 Å². The van der Waals surface area contributed by atoms with Crippen LogP contribution in [0.4, 0.5) is 22.7 Å². The molecule has 3 aromatic heterocycles. The molecular formula is C75H55N5O. The number of rotatable bonds is 10. The van der Waals surface area contributed by atoms with Crippen LogP contribution in [-0.4, -0.2) is 20.8 Å². The summed E-state index contributed by atoms with van der Waals surface area (Å²) in [5, 5.41) is 4.79. The van der Waals surface area contributed by atoms with Gasteiger partial charge in [-0.05, 0) is 133 Å². The van der Waals surface area contributed by atoms with E-state index in [4.69, 9.17) is 9.72 Å². The first kappa shape index (κ1) is 47.8. The Hall–Kier alpha value is -10.4. The SMILES string of the molecule is Cc1cc(C)cc(-c2ccc3c(c2)N(c2cccc(Oc4ccc5c6ccccc6n(-c6cc(-c7ccc(-n8c9ccccc9c9ccccc98)cc7)c(C)cn6)c5c4)c2)CN3c2c(-c3ccccc3)cccc2-c2ccccc2)c1. The number of nitrogens with zero attached hydrogens (tertiary/aromatic N) is 5. The van der Waals surface area contributed by atoms with E-state index in [-0.39, 0.29) is 0 Å². The number of aromatic nitrogens is 3. The first-order valence-corrected chi connectivity index (χ1v) is 27.8. The standard InChI is InChI=1S/C75H55N5O/c1-49-40-50(2)42-56(41-49)55-34-39-71-73(43-55)77(48-78(71)75-61(52-18-6-4-7-19-52)27-17-28-62(75)53-20-8-5-9-21-53)58-22-16-23-59(44-58)81-60-37-38-66-65-26-12-15-31-70(65)80(72(66)45-60)74-46-67(51(3)47-76-74)54-32-35-57(36-33-54)79-68-29-13-10-24-63(68)64-25-11-14-30-69(64)79/h4-47H,48H2,1-3H3. The van der Waals surface area contributed by atoms with Gasteiger partial charge < -0.3 is 19.1 Å². The van der Waals surface area contributed by atoms with Crippen molar-refractivity contribution in [3.8, 4) is 67.5 Å². The molecule has 11 aromatic carbocycles. The largest absolute Gasteiger partial charge is 0.457 e. The van der Waals surface area contributed by atoms with E-state index in [9.17, 15) is 0 Å². The third-order valence-electron chi connectivity index (χ3n) is 16.2. The minimum atomic E-state index is 0.585. The van der Waals surface area contributed by atoms with Crippen LogP contribution in [0, 0.1) is 20.8 Å². The molecule has 0 radical (unpaired) electrons. The van der Waals surface area contributed by atoms with Crippen molar-refractivity contribution < 1.29 is 4.74 Å². The fourth-order valence-electron chi connectivity index (χ4n) is 12.6. The molecule has 0 amide bonds. The number of fused-ring (bicyclic) bond motifs is 7. The Morgan fingerprint density at radius 1 is 0.346 bits per heavy atom. The van der Waals surface area contributed by atoms with Crippen molar-refractivity contribution in [2.45, 2.75) is 20.8 Å². The Morgan fingerprint density at radius 3 is 1.56 bits per heavy atom. The molecule has 81 heavy (non-hydrogen) atoms. The zero-order chi connectivity index (χ0) is 54.1. The van der Waals surface area contributed by atoms with Gasteiger partial charge in [-0.25, -0.2) is 4.98 Å². The first-order chi connectivity index (χ1) is 39.9. The van der Waals surface area contributed by atoms with Gasteiger partial charge in [-0.3, -0.25) is 4.57 Å². The van der Waals surface area contributed by atoms with Gasteiger partial charge in [0.05, 0.1) is 39.1 Å². The summed E-state index contributed by atoms with van der Waals surface area (Å²) in [4.78, 5) is 10.1. The highest BCUT2D eigenvalue weighted by Crippen LogP contribution is 2.52. The molecule has 0 saturated heterocycles. The number of ether oxygens (including phenoxy) is 1. The average molecular weight is 1040 g/mol. The minimum Gasteiger partial charge on any atom is -0.457 e. The Labute approximate surface area is 471 Å². The fourth-order valence-corrected chi connectivity index (χ4v) is 12.6. The zero-order valence-corrected chi connectivity index (χ0v) is 45.3. The highest BCUT2D eigenvalue weighted by atomic mass is 16.5. The molecular weight excluding hydrogens is 987 g/mol. The van der Waals surface area contributed by atoms with Crippen LogP contribution in [0.25, 0.3) is 99.6 Å². The molecule has 0 unspecified atom stereocenters. The molecule has 386 valence electrons. The second kappa shape index (κ2) is 19.5. The summed E-state index contributed by atoms with van der Waals surface area (Å²) in [6.45, 7) is 7.08. The molecule has 0 atom stereocenters. The molecule has 0 spiro atoms. The van der Waals surface area contributed by atoms with Crippen molar-refractivity contribution in [3.63, 3.8) is 0 Å². The minimum absolute atomic E-state index is 0.585. The topological polar surface area (TPSA) is 38.5 Å². The van der Waals surface area contributed by atoms with E-state index in [2.05, 4.69) is 301 Å². The van der Waals surface area contributed by atoms with Gasteiger partial charge in [0.25, 0.3) is 0 Å². The van der Waals surface area contributed by atoms with Gasteiger partial charge in [0.15, 0.2) is 0 Å². The normalized spacial score (nSPS) is 12.3. The van der Waals surface area contributed by atoms with Gasteiger partial charge in [-0.15, -0.1) is 0 Å². The van der Waals surface area contributed by atoms with Gasteiger partial charge in [-0.1, -0.05) is 187 Å². The van der Waals surface area contributed by atoms with Gasteiger partial charge in [-0.2, -0.15) is 0 Å². The van der Waals surface area contributed by atoms with Crippen molar-refractivity contribution in [2.75, 3.05) is 16.5 Å². The molecule has 4 heterocycles. The molecule has 0 bridgehead atoms. The lowest BCUT2D eigenvalue weighted by Crippen LogP contribution is -2.25. The molecule has 0 fully saturated rings. The monoisotopic (exact) mass is 1040 g/mol. The number of hydrogen-bond acceptors (Lipinski definition) is 4. The summed E-state index contributed by atoms with van der Waals surface area (Å²) < 4.78 is 11.6. The molecule has 6 nitrogen and oxygen atoms in total. The zero-order valence-electron chi connectivity index (χ0n) is 45.3. The Kier molecular flexibility index (Phi) is 11.5. The number of pyridine rings is 1. The lowest BCUT2D eigenvalue weighted by Gasteiger charge is -2.27. The van der Waals surface area contributed by atoms with Crippen LogP contribution in [0.2, 0.25) is 0 Å². The third-order valence-corrected chi connectivity index (χ3v) is 16.2. The maximum atomic E-state index is 6.98. The fraction of sp³-hybridized carbons (Fsp3) is 0.0533. The van der Waals surface area contributed by atoms with Crippen LogP contribution in [-0.2, 0) is 0 Å². The summed E-state index contributed by atoms with van der Waals surface area (Å²) in [5.41, 5.74) is 23.0. The Bertz CT molecular complexity index is 4620. The smallest absolute Gasteiger partial charge is 0.138 e. The maximum absolute atomic E-state index is 6.98. The maximum Gasteiger partial charge on any atom is 0.138 e. The second-order valence-electron chi connectivity index (χ2n) is 21.4. The van der Waals surface area contributed by atoms with E-state index in [1.807, 2.05) is 6.20 Å². The van der Waals surface area contributed by atoms with Crippen LogP contribution in [0.5, 0.6) is 11.5 Å². The predicted molar refractivity (Wildman–Crippen MR) is 337 cm³/mol. The summed E-state index contributed by atoms with van der Waals surface area (Å²) in [6.07, 6.45) is 2.00. The van der Waals surface area contributed by atoms with Crippen LogP contribution in [0.3, 0.4) is 0 Å². The van der Waals surface area contributed by atoms with Crippen molar-refractivity contribution in [2.24, 2.45) is 0 Å². The molecule has 0 aliphatic carbocycles. The lowest BCUT2D eigenvalue weighted by atomic mass is 9.94. The Morgan fingerprint density at radius 2 is 0.901 bits per heavy atom. The molecule has 6 heteroatoms. The molecule has 15 rings (SSSR count). The van der Waals surface area contributed by atoms with E-state index >= 15 is 0 Å². The van der Waals surface area contributed by atoms with E-state index in [1.54, 1.807) is 0 Å². The first-order valence-electron chi connectivity index (χ1n) is 27.8. The van der Waals surface area contributed by atoms with Crippen molar-refractivity contribution in [3.05, 3.63) is 284 Å². The van der Waals surface area contributed by atoms with Gasteiger partial charge in [0.2, 0.25) is 0 Å². The van der Waals surface area contributed by atoms with Gasteiger partial charge in [0, 0.05) is 62.4 Å². The quantitative estimate of drug-likeness (QED) is 0.137. The molecule has 1 aliphatic heterocycles. The van der Waals surface area contributed by atoms with E-state index in [1.165, 1.54) is 66.3 Å². The molecule has 1 aliphatic rings. The summed E-state index contributed by atoms with van der Waals surface area (Å²) in [7, 11) is 0.